The Bertz CT molecular complexity index is 574. The average Bonchev–Trinajstić information content (AvgIpc) is 2.88. The maximum atomic E-state index is 11.9. The molecule has 0 unspecified atom stereocenters. The molecule has 0 bridgehead atoms. The molecule has 8 heteroatoms. The van der Waals surface area contributed by atoms with Crippen molar-refractivity contribution in [3.05, 3.63) is 28.5 Å². The number of nitrogens with zero attached hydrogens (tertiary/aromatic N) is 4. The number of aryl methyl sites for hydroxylation is 1. The summed E-state index contributed by atoms with van der Waals surface area (Å²) in [7, 11) is -3.22. The van der Waals surface area contributed by atoms with Crippen LogP contribution in [0.25, 0.3) is 0 Å². The second-order valence-corrected chi connectivity index (χ2v) is 6.57. The fraction of sp³-hybridized carbons (Fsp3) is 0.444. The molecule has 0 aliphatic rings. The number of hydrogen-bond donors (Lipinski definition) is 0. The SMILES string of the molecule is CCn1cc(CS(=O)(=O)Cc2nccs2)nn1. The summed E-state index contributed by atoms with van der Waals surface area (Å²) >= 11 is 1.34. The Morgan fingerprint density at radius 3 is 2.82 bits per heavy atom. The van der Waals surface area contributed by atoms with Crippen molar-refractivity contribution in [2.24, 2.45) is 0 Å². The number of sulfone groups is 1. The minimum atomic E-state index is -3.22. The van der Waals surface area contributed by atoms with E-state index in [1.807, 2.05) is 6.92 Å². The van der Waals surface area contributed by atoms with Crippen LogP contribution in [0.15, 0.2) is 17.8 Å². The molecule has 2 aromatic rings. The molecule has 0 atom stereocenters. The Labute approximate surface area is 103 Å². The van der Waals surface area contributed by atoms with E-state index in [0.717, 1.165) is 0 Å². The van der Waals surface area contributed by atoms with Crippen LogP contribution in [0.2, 0.25) is 0 Å². The Morgan fingerprint density at radius 2 is 2.24 bits per heavy atom. The molecule has 2 heterocycles. The van der Waals surface area contributed by atoms with Crippen LogP contribution < -0.4 is 0 Å². The maximum Gasteiger partial charge on any atom is 0.162 e. The number of thiazole rings is 1. The van der Waals surface area contributed by atoms with Crippen molar-refractivity contribution >= 4 is 21.2 Å². The van der Waals surface area contributed by atoms with Gasteiger partial charge in [0.25, 0.3) is 0 Å². The summed E-state index contributed by atoms with van der Waals surface area (Å²) in [5.74, 6) is -0.129. The summed E-state index contributed by atoms with van der Waals surface area (Å²) in [6.07, 6.45) is 3.25. The average molecular weight is 272 g/mol. The van der Waals surface area contributed by atoms with Crippen molar-refractivity contribution in [2.45, 2.75) is 25.0 Å². The first-order valence-electron chi connectivity index (χ1n) is 5.07. The molecule has 0 saturated heterocycles. The summed E-state index contributed by atoms with van der Waals surface area (Å²) in [6, 6.07) is 0. The summed E-state index contributed by atoms with van der Waals surface area (Å²) < 4.78 is 25.3. The van der Waals surface area contributed by atoms with Crippen molar-refractivity contribution in [1.29, 1.82) is 0 Å². The van der Waals surface area contributed by atoms with E-state index in [9.17, 15) is 8.42 Å². The van der Waals surface area contributed by atoms with Crippen molar-refractivity contribution < 1.29 is 8.42 Å². The second kappa shape index (κ2) is 4.92. The van der Waals surface area contributed by atoms with Gasteiger partial charge >= 0.3 is 0 Å². The highest BCUT2D eigenvalue weighted by atomic mass is 32.2. The molecular formula is C9H12N4O2S2. The van der Waals surface area contributed by atoms with Crippen LogP contribution in [0.4, 0.5) is 0 Å². The minimum absolute atomic E-state index is 0.0380. The maximum absolute atomic E-state index is 11.9. The van der Waals surface area contributed by atoms with Gasteiger partial charge in [0.05, 0.1) is 11.4 Å². The molecule has 6 nitrogen and oxygen atoms in total. The van der Waals surface area contributed by atoms with Crippen LogP contribution >= 0.6 is 11.3 Å². The molecular weight excluding hydrogens is 260 g/mol. The number of hydrogen-bond acceptors (Lipinski definition) is 6. The van der Waals surface area contributed by atoms with E-state index in [-0.39, 0.29) is 11.5 Å². The lowest BCUT2D eigenvalue weighted by molar-refractivity contribution is 0.593. The Balaban J connectivity index is 2.06. The Morgan fingerprint density at radius 1 is 1.41 bits per heavy atom. The predicted molar refractivity (Wildman–Crippen MR) is 64.1 cm³/mol. The van der Waals surface area contributed by atoms with Gasteiger partial charge in [-0.2, -0.15) is 0 Å². The summed E-state index contributed by atoms with van der Waals surface area (Å²) in [4.78, 5) is 3.96. The van der Waals surface area contributed by atoms with E-state index < -0.39 is 9.84 Å². The van der Waals surface area contributed by atoms with E-state index in [1.165, 1.54) is 11.3 Å². The second-order valence-electron chi connectivity index (χ2n) is 3.52. The first kappa shape index (κ1) is 12.2. The van der Waals surface area contributed by atoms with E-state index in [2.05, 4.69) is 15.3 Å². The topological polar surface area (TPSA) is 77.7 Å². The molecule has 0 saturated carbocycles. The third kappa shape index (κ3) is 3.34. The van der Waals surface area contributed by atoms with Crippen LogP contribution in [-0.2, 0) is 27.9 Å². The molecule has 2 rings (SSSR count). The molecule has 0 aliphatic heterocycles. The smallest absolute Gasteiger partial charge is 0.162 e. The van der Waals surface area contributed by atoms with E-state index in [0.29, 0.717) is 17.2 Å². The molecule has 0 radical (unpaired) electrons. The highest BCUT2D eigenvalue weighted by Crippen LogP contribution is 2.12. The van der Waals surface area contributed by atoms with Gasteiger partial charge in [0.15, 0.2) is 9.84 Å². The van der Waals surface area contributed by atoms with Gasteiger partial charge in [-0.25, -0.2) is 13.4 Å². The van der Waals surface area contributed by atoms with E-state index in [4.69, 9.17) is 0 Å². The van der Waals surface area contributed by atoms with Crippen molar-refractivity contribution in [3.63, 3.8) is 0 Å². The first-order chi connectivity index (χ1) is 8.09. The quantitative estimate of drug-likeness (QED) is 0.807. The molecule has 92 valence electrons. The molecule has 0 fully saturated rings. The Hall–Kier alpha value is -1.28. The van der Waals surface area contributed by atoms with Crippen LogP contribution in [0, 0.1) is 0 Å². The number of aromatic nitrogens is 4. The van der Waals surface area contributed by atoms with Crippen molar-refractivity contribution in [3.8, 4) is 0 Å². The normalized spacial score (nSPS) is 11.8. The zero-order chi connectivity index (χ0) is 12.3. The van der Waals surface area contributed by atoms with Crippen LogP contribution in [0.5, 0.6) is 0 Å². The van der Waals surface area contributed by atoms with E-state index >= 15 is 0 Å². The van der Waals surface area contributed by atoms with Crippen molar-refractivity contribution in [1.82, 2.24) is 20.0 Å². The third-order valence-electron chi connectivity index (χ3n) is 2.10. The molecule has 17 heavy (non-hydrogen) atoms. The van der Waals surface area contributed by atoms with Gasteiger partial charge in [-0.05, 0) is 6.92 Å². The summed E-state index contributed by atoms with van der Waals surface area (Å²) in [6.45, 7) is 2.60. The fourth-order valence-corrected chi connectivity index (χ4v) is 3.70. The number of rotatable bonds is 5. The highest BCUT2D eigenvalue weighted by Gasteiger charge is 2.16. The van der Waals surface area contributed by atoms with Gasteiger partial charge in [0.1, 0.15) is 10.8 Å². The molecule has 2 aromatic heterocycles. The lowest BCUT2D eigenvalue weighted by Crippen LogP contribution is -2.07. The molecule has 0 spiro atoms. The van der Waals surface area contributed by atoms with Gasteiger partial charge in [-0.3, -0.25) is 4.68 Å². The predicted octanol–water partition coefficient (Wildman–Crippen LogP) is 0.869. The standard InChI is InChI=1S/C9H12N4O2S2/c1-2-13-5-8(11-12-13)6-17(14,15)7-9-10-3-4-16-9/h3-5H,2,6-7H2,1H3. The third-order valence-corrected chi connectivity index (χ3v) is 4.52. The zero-order valence-corrected chi connectivity index (χ0v) is 10.9. The zero-order valence-electron chi connectivity index (χ0n) is 9.28. The van der Waals surface area contributed by atoms with Crippen LogP contribution in [0.1, 0.15) is 17.6 Å². The van der Waals surface area contributed by atoms with Crippen LogP contribution in [-0.4, -0.2) is 28.4 Å². The summed E-state index contributed by atoms with van der Waals surface area (Å²) in [5, 5.41) is 9.99. The van der Waals surface area contributed by atoms with Crippen LogP contribution in [0.3, 0.4) is 0 Å². The summed E-state index contributed by atoms with van der Waals surface area (Å²) in [5.41, 5.74) is 0.475. The monoisotopic (exact) mass is 272 g/mol. The Kier molecular flexibility index (Phi) is 3.53. The van der Waals surface area contributed by atoms with Gasteiger partial charge in [0, 0.05) is 24.3 Å². The van der Waals surface area contributed by atoms with Gasteiger partial charge in [-0.15, -0.1) is 16.4 Å². The van der Waals surface area contributed by atoms with E-state index in [1.54, 1.807) is 22.5 Å². The molecule has 0 aliphatic carbocycles. The minimum Gasteiger partial charge on any atom is -0.253 e. The molecule has 0 amide bonds. The largest absolute Gasteiger partial charge is 0.253 e. The van der Waals surface area contributed by atoms with Gasteiger partial charge < -0.3 is 0 Å². The first-order valence-corrected chi connectivity index (χ1v) is 7.77. The fourth-order valence-electron chi connectivity index (χ4n) is 1.35. The lowest BCUT2D eigenvalue weighted by atomic mass is 10.5. The lowest BCUT2D eigenvalue weighted by Gasteiger charge is -1.98. The van der Waals surface area contributed by atoms with Crippen molar-refractivity contribution in [2.75, 3.05) is 0 Å². The molecule has 0 aromatic carbocycles. The highest BCUT2D eigenvalue weighted by molar-refractivity contribution is 7.89. The van der Waals surface area contributed by atoms with Gasteiger partial charge in [0.2, 0.25) is 0 Å². The molecule has 0 N–H and O–H groups in total. The van der Waals surface area contributed by atoms with Gasteiger partial charge in [-0.1, -0.05) is 5.21 Å².